The summed E-state index contributed by atoms with van der Waals surface area (Å²) in [4.78, 5) is 31.6. The van der Waals surface area contributed by atoms with E-state index in [9.17, 15) is 9.59 Å². The van der Waals surface area contributed by atoms with Crippen molar-refractivity contribution in [1.29, 1.82) is 0 Å². The molecule has 7 heteroatoms. The SMILES string of the molecule is CNC(=O)C1=C(C)N=C2SC=C(CC(=O)NC(C)C)N2C1c1ccccc1. The molecule has 2 aliphatic rings. The molecular formula is C20H24N4O2S. The van der Waals surface area contributed by atoms with Gasteiger partial charge in [-0.3, -0.25) is 9.59 Å². The molecule has 142 valence electrons. The van der Waals surface area contributed by atoms with Crippen LogP contribution in [0.5, 0.6) is 0 Å². The Bertz CT molecular complexity index is 843. The highest BCUT2D eigenvalue weighted by Gasteiger charge is 2.40. The molecule has 6 nitrogen and oxygen atoms in total. The van der Waals surface area contributed by atoms with Crippen LogP contribution in [0.2, 0.25) is 0 Å². The smallest absolute Gasteiger partial charge is 0.251 e. The number of allylic oxidation sites excluding steroid dienone is 1. The third-order valence-electron chi connectivity index (χ3n) is 4.38. The van der Waals surface area contributed by atoms with Crippen molar-refractivity contribution in [2.75, 3.05) is 7.05 Å². The van der Waals surface area contributed by atoms with E-state index < -0.39 is 0 Å². The van der Waals surface area contributed by atoms with Crippen molar-refractivity contribution in [2.24, 2.45) is 4.99 Å². The van der Waals surface area contributed by atoms with E-state index in [4.69, 9.17) is 0 Å². The number of likely N-dealkylation sites (N-methyl/N-ethyl adjacent to an activating group) is 1. The first-order valence-electron chi connectivity index (χ1n) is 8.93. The summed E-state index contributed by atoms with van der Waals surface area (Å²) in [6.07, 6.45) is 0.244. The van der Waals surface area contributed by atoms with Crippen LogP contribution in [-0.2, 0) is 9.59 Å². The number of carbonyl (C=O) groups excluding carboxylic acids is 2. The quantitative estimate of drug-likeness (QED) is 0.819. The van der Waals surface area contributed by atoms with E-state index >= 15 is 0 Å². The maximum atomic E-state index is 12.7. The van der Waals surface area contributed by atoms with E-state index in [0.29, 0.717) is 11.3 Å². The topological polar surface area (TPSA) is 73.8 Å². The van der Waals surface area contributed by atoms with Gasteiger partial charge in [0.25, 0.3) is 5.91 Å². The minimum absolute atomic E-state index is 0.0438. The van der Waals surface area contributed by atoms with Crippen LogP contribution in [0.15, 0.2) is 57.7 Å². The number of fused-ring (bicyclic) bond motifs is 1. The maximum absolute atomic E-state index is 12.7. The Morgan fingerprint density at radius 1 is 1.26 bits per heavy atom. The Balaban J connectivity index is 2.01. The van der Waals surface area contributed by atoms with E-state index in [2.05, 4.69) is 15.6 Å². The first kappa shape index (κ1) is 19.2. The first-order chi connectivity index (χ1) is 12.9. The Morgan fingerprint density at radius 2 is 1.96 bits per heavy atom. The van der Waals surface area contributed by atoms with Crippen molar-refractivity contribution in [1.82, 2.24) is 15.5 Å². The minimum atomic E-state index is -0.313. The zero-order chi connectivity index (χ0) is 19.6. The molecule has 0 bridgehead atoms. The van der Waals surface area contributed by atoms with Gasteiger partial charge < -0.3 is 15.5 Å². The normalized spacial score (nSPS) is 18.9. The number of thioether (sulfide) groups is 1. The van der Waals surface area contributed by atoms with Gasteiger partial charge in [-0.15, -0.1) is 0 Å². The lowest BCUT2D eigenvalue weighted by molar-refractivity contribution is -0.121. The lowest BCUT2D eigenvalue weighted by atomic mass is 9.93. The first-order valence-corrected chi connectivity index (χ1v) is 9.81. The van der Waals surface area contributed by atoms with Crippen molar-refractivity contribution in [2.45, 2.75) is 39.3 Å². The lowest BCUT2D eigenvalue weighted by Crippen LogP contribution is -2.40. The van der Waals surface area contributed by atoms with Gasteiger partial charge in [-0.25, -0.2) is 4.99 Å². The molecule has 0 spiro atoms. The molecule has 2 N–H and O–H groups in total. The number of benzene rings is 1. The highest BCUT2D eigenvalue weighted by Crippen LogP contribution is 2.44. The number of hydrogen-bond donors (Lipinski definition) is 2. The zero-order valence-electron chi connectivity index (χ0n) is 15.9. The van der Waals surface area contributed by atoms with Crippen LogP contribution in [0.1, 0.15) is 38.8 Å². The average molecular weight is 385 g/mol. The van der Waals surface area contributed by atoms with Gasteiger partial charge in [0.05, 0.1) is 23.7 Å². The van der Waals surface area contributed by atoms with Crippen LogP contribution in [0.4, 0.5) is 0 Å². The summed E-state index contributed by atoms with van der Waals surface area (Å²) >= 11 is 1.49. The number of nitrogens with zero attached hydrogens (tertiary/aromatic N) is 2. The lowest BCUT2D eigenvalue weighted by Gasteiger charge is -2.36. The van der Waals surface area contributed by atoms with Crippen LogP contribution in [0.25, 0.3) is 0 Å². The Labute approximate surface area is 163 Å². The molecule has 1 aromatic carbocycles. The molecule has 3 rings (SSSR count). The van der Waals surface area contributed by atoms with E-state index in [1.807, 2.05) is 61.4 Å². The zero-order valence-corrected chi connectivity index (χ0v) is 16.8. The summed E-state index contributed by atoms with van der Waals surface area (Å²) in [5.74, 6) is -0.204. The van der Waals surface area contributed by atoms with Gasteiger partial charge in [0, 0.05) is 18.8 Å². The summed E-state index contributed by atoms with van der Waals surface area (Å²) < 4.78 is 0. The molecule has 0 aromatic heterocycles. The van der Waals surface area contributed by atoms with E-state index in [-0.39, 0.29) is 30.3 Å². The van der Waals surface area contributed by atoms with Crippen LogP contribution < -0.4 is 10.6 Å². The van der Waals surface area contributed by atoms with E-state index in [0.717, 1.165) is 16.4 Å². The van der Waals surface area contributed by atoms with Crippen molar-refractivity contribution < 1.29 is 9.59 Å². The second-order valence-corrected chi connectivity index (χ2v) is 7.62. The number of nitrogens with one attached hydrogen (secondary N) is 2. The van der Waals surface area contributed by atoms with Crippen molar-refractivity contribution in [3.8, 4) is 0 Å². The number of carbonyl (C=O) groups is 2. The summed E-state index contributed by atoms with van der Waals surface area (Å²) in [6.45, 7) is 5.73. The van der Waals surface area contributed by atoms with Gasteiger partial charge in [-0.1, -0.05) is 42.1 Å². The van der Waals surface area contributed by atoms with Gasteiger partial charge in [-0.2, -0.15) is 0 Å². The average Bonchev–Trinajstić information content (AvgIpc) is 3.02. The number of amidine groups is 1. The fourth-order valence-corrected chi connectivity index (χ4v) is 4.25. The van der Waals surface area contributed by atoms with Crippen LogP contribution in [0, 0.1) is 0 Å². The van der Waals surface area contributed by atoms with Crippen LogP contribution in [0.3, 0.4) is 0 Å². The highest BCUT2D eigenvalue weighted by atomic mass is 32.2. The second-order valence-electron chi connectivity index (χ2n) is 6.78. The maximum Gasteiger partial charge on any atom is 0.251 e. The van der Waals surface area contributed by atoms with Gasteiger partial charge in [-0.05, 0) is 31.7 Å². The molecule has 0 radical (unpaired) electrons. The van der Waals surface area contributed by atoms with Crippen molar-refractivity contribution in [3.05, 3.63) is 58.3 Å². The Hall–Kier alpha value is -2.54. The molecule has 1 aromatic rings. The Kier molecular flexibility index (Phi) is 5.70. The number of hydrogen-bond acceptors (Lipinski definition) is 5. The molecule has 1 unspecified atom stereocenters. The van der Waals surface area contributed by atoms with Gasteiger partial charge in [0.1, 0.15) is 0 Å². The summed E-state index contributed by atoms with van der Waals surface area (Å²) in [7, 11) is 1.62. The molecule has 0 aliphatic carbocycles. The predicted molar refractivity (Wildman–Crippen MR) is 109 cm³/mol. The third-order valence-corrected chi connectivity index (χ3v) is 5.27. The summed E-state index contributed by atoms with van der Waals surface area (Å²) in [5.41, 5.74) is 3.13. The fourth-order valence-electron chi connectivity index (χ4n) is 3.28. The highest BCUT2D eigenvalue weighted by molar-refractivity contribution is 8.16. The number of rotatable bonds is 5. The predicted octanol–water partition coefficient (Wildman–Crippen LogP) is 2.92. The third kappa shape index (κ3) is 3.93. The Morgan fingerprint density at radius 3 is 2.59 bits per heavy atom. The second kappa shape index (κ2) is 8.00. The summed E-state index contributed by atoms with van der Waals surface area (Å²) in [5, 5.41) is 8.40. The molecule has 2 amide bonds. The molecule has 1 atom stereocenters. The van der Waals surface area contributed by atoms with Gasteiger partial charge in [0.15, 0.2) is 5.17 Å². The summed E-state index contributed by atoms with van der Waals surface area (Å²) in [6, 6.07) is 9.62. The number of amides is 2. The molecular weight excluding hydrogens is 360 g/mol. The van der Waals surface area contributed by atoms with Gasteiger partial charge >= 0.3 is 0 Å². The molecule has 2 aliphatic heterocycles. The number of aliphatic imine (C=N–C) groups is 1. The van der Waals surface area contributed by atoms with Crippen molar-refractivity contribution in [3.63, 3.8) is 0 Å². The van der Waals surface area contributed by atoms with E-state index in [1.165, 1.54) is 11.8 Å². The molecule has 0 saturated heterocycles. The largest absolute Gasteiger partial charge is 0.355 e. The molecule has 0 saturated carbocycles. The fraction of sp³-hybridized carbons (Fsp3) is 0.350. The monoisotopic (exact) mass is 384 g/mol. The van der Waals surface area contributed by atoms with Crippen LogP contribution in [-0.4, -0.2) is 35.0 Å². The van der Waals surface area contributed by atoms with Crippen molar-refractivity contribution >= 4 is 28.7 Å². The van der Waals surface area contributed by atoms with Crippen LogP contribution >= 0.6 is 11.8 Å². The van der Waals surface area contributed by atoms with Gasteiger partial charge in [0.2, 0.25) is 5.91 Å². The molecule has 0 fully saturated rings. The molecule has 2 heterocycles. The van der Waals surface area contributed by atoms with E-state index in [1.54, 1.807) is 7.05 Å². The molecule has 27 heavy (non-hydrogen) atoms. The minimum Gasteiger partial charge on any atom is -0.355 e. The standard InChI is InChI=1S/C20H24N4O2S/c1-12(2)22-16(25)10-15-11-27-20-23-13(3)17(19(26)21-4)18(24(15)20)14-8-6-5-7-9-14/h5-9,11-12,18H,10H2,1-4H3,(H,21,26)(H,22,25).